The van der Waals surface area contributed by atoms with Gasteiger partial charge in [0, 0.05) is 16.9 Å². The van der Waals surface area contributed by atoms with Gasteiger partial charge in [0.15, 0.2) is 0 Å². The SMILES string of the molecule is COc1ccc(CCC(C)NC(=O)c2[nH]c3ccccc3c2Br)cc1. The van der Waals surface area contributed by atoms with Crippen LogP contribution in [0.4, 0.5) is 0 Å². The highest BCUT2D eigenvalue weighted by atomic mass is 79.9. The van der Waals surface area contributed by atoms with E-state index in [2.05, 4.69) is 38.4 Å². The van der Waals surface area contributed by atoms with E-state index in [9.17, 15) is 4.79 Å². The van der Waals surface area contributed by atoms with Crippen LogP contribution in [0.2, 0.25) is 0 Å². The second kappa shape index (κ2) is 7.74. The lowest BCUT2D eigenvalue weighted by Crippen LogP contribution is -2.33. The second-order valence-electron chi connectivity index (χ2n) is 6.12. The summed E-state index contributed by atoms with van der Waals surface area (Å²) >= 11 is 3.53. The van der Waals surface area contributed by atoms with Gasteiger partial charge in [-0.25, -0.2) is 0 Å². The van der Waals surface area contributed by atoms with Gasteiger partial charge in [0.2, 0.25) is 0 Å². The van der Waals surface area contributed by atoms with E-state index in [1.165, 1.54) is 5.56 Å². The molecule has 0 bridgehead atoms. The highest BCUT2D eigenvalue weighted by Crippen LogP contribution is 2.27. The van der Waals surface area contributed by atoms with Crippen LogP contribution in [0.15, 0.2) is 53.0 Å². The maximum absolute atomic E-state index is 12.6. The Kier molecular flexibility index (Phi) is 5.43. The normalized spacial score (nSPS) is 12.1. The highest BCUT2D eigenvalue weighted by molar-refractivity contribution is 9.10. The van der Waals surface area contributed by atoms with E-state index in [1.807, 2.05) is 43.3 Å². The number of aromatic amines is 1. The Morgan fingerprint density at radius 1 is 1.20 bits per heavy atom. The van der Waals surface area contributed by atoms with Crippen LogP contribution in [-0.2, 0) is 6.42 Å². The minimum absolute atomic E-state index is 0.0768. The molecule has 3 rings (SSSR count). The number of fused-ring (bicyclic) bond motifs is 1. The summed E-state index contributed by atoms with van der Waals surface area (Å²) in [6, 6.07) is 16.0. The molecule has 2 aromatic carbocycles. The van der Waals surface area contributed by atoms with E-state index >= 15 is 0 Å². The van der Waals surface area contributed by atoms with Gasteiger partial charge in [0.05, 0.1) is 11.6 Å². The molecule has 3 aromatic rings. The molecule has 1 unspecified atom stereocenters. The lowest BCUT2D eigenvalue weighted by molar-refractivity contribution is 0.0933. The van der Waals surface area contributed by atoms with Crippen LogP contribution in [-0.4, -0.2) is 24.0 Å². The Morgan fingerprint density at radius 3 is 2.60 bits per heavy atom. The molecule has 25 heavy (non-hydrogen) atoms. The van der Waals surface area contributed by atoms with Crippen molar-refractivity contribution in [2.24, 2.45) is 0 Å². The molecule has 0 fully saturated rings. The maximum Gasteiger partial charge on any atom is 0.269 e. The van der Waals surface area contributed by atoms with E-state index < -0.39 is 0 Å². The smallest absolute Gasteiger partial charge is 0.269 e. The van der Waals surface area contributed by atoms with Gasteiger partial charge in [0.1, 0.15) is 11.4 Å². The summed E-state index contributed by atoms with van der Waals surface area (Å²) in [5.41, 5.74) is 2.75. The predicted octanol–water partition coefficient (Wildman–Crippen LogP) is 4.69. The van der Waals surface area contributed by atoms with E-state index in [1.54, 1.807) is 7.11 Å². The average Bonchev–Trinajstić information content (AvgIpc) is 2.98. The predicted molar refractivity (Wildman–Crippen MR) is 104 cm³/mol. The van der Waals surface area contributed by atoms with Crippen LogP contribution < -0.4 is 10.1 Å². The number of aromatic nitrogens is 1. The Hall–Kier alpha value is -2.27. The first-order valence-corrected chi connectivity index (χ1v) is 9.08. The molecule has 0 saturated carbocycles. The lowest BCUT2D eigenvalue weighted by Gasteiger charge is -2.13. The van der Waals surface area contributed by atoms with Gasteiger partial charge in [-0.15, -0.1) is 0 Å². The largest absolute Gasteiger partial charge is 0.497 e. The van der Waals surface area contributed by atoms with E-state index in [4.69, 9.17) is 4.74 Å². The van der Waals surface area contributed by atoms with Gasteiger partial charge in [0.25, 0.3) is 5.91 Å². The Labute approximate surface area is 155 Å². The topological polar surface area (TPSA) is 54.1 Å². The number of amides is 1. The van der Waals surface area contributed by atoms with Crippen LogP contribution in [0.3, 0.4) is 0 Å². The van der Waals surface area contributed by atoms with E-state index in [-0.39, 0.29) is 11.9 Å². The average molecular weight is 401 g/mol. The van der Waals surface area contributed by atoms with Crippen molar-refractivity contribution in [1.82, 2.24) is 10.3 Å². The van der Waals surface area contributed by atoms with Crippen LogP contribution in [0.1, 0.15) is 29.4 Å². The molecule has 1 atom stereocenters. The van der Waals surface area contributed by atoms with Crippen LogP contribution in [0, 0.1) is 0 Å². The number of methoxy groups -OCH3 is 1. The molecule has 1 heterocycles. The molecular weight excluding hydrogens is 380 g/mol. The van der Waals surface area contributed by atoms with Gasteiger partial charge in [-0.3, -0.25) is 4.79 Å². The fourth-order valence-electron chi connectivity index (χ4n) is 2.81. The van der Waals surface area contributed by atoms with Gasteiger partial charge in [-0.2, -0.15) is 0 Å². The number of benzene rings is 2. The fourth-order valence-corrected chi connectivity index (χ4v) is 3.43. The molecule has 0 aliphatic rings. The molecule has 0 aliphatic heterocycles. The summed E-state index contributed by atoms with van der Waals surface area (Å²) in [7, 11) is 1.66. The Balaban J connectivity index is 1.60. The number of halogens is 1. The first-order chi connectivity index (χ1) is 12.1. The van der Waals surface area contributed by atoms with E-state index in [0.29, 0.717) is 5.69 Å². The molecule has 0 saturated heterocycles. The molecule has 2 N–H and O–H groups in total. The minimum atomic E-state index is -0.0923. The Bertz CT molecular complexity index is 871. The number of para-hydroxylation sites is 1. The van der Waals surface area contributed by atoms with Crippen molar-refractivity contribution in [3.8, 4) is 5.75 Å². The zero-order chi connectivity index (χ0) is 17.8. The van der Waals surface area contributed by atoms with Crippen molar-refractivity contribution >= 4 is 32.7 Å². The molecule has 5 heteroatoms. The molecule has 0 spiro atoms. The van der Waals surface area contributed by atoms with Crippen LogP contribution >= 0.6 is 15.9 Å². The Morgan fingerprint density at radius 2 is 1.92 bits per heavy atom. The number of nitrogens with one attached hydrogen (secondary N) is 2. The van der Waals surface area contributed by atoms with Crippen molar-refractivity contribution in [1.29, 1.82) is 0 Å². The quantitative estimate of drug-likeness (QED) is 0.630. The number of aryl methyl sites for hydroxylation is 1. The van der Waals surface area contributed by atoms with Gasteiger partial charge in [-0.1, -0.05) is 30.3 Å². The number of rotatable bonds is 6. The molecule has 0 radical (unpaired) electrons. The van der Waals surface area contributed by atoms with E-state index in [0.717, 1.165) is 34.0 Å². The van der Waals surface area contributed by atoms with Crippen LogP contribution in [0.5, 0.6) is 5.75 Å². The zero-order valence-corrected chi connectivity index (χ0v) is 15.9. The number of carbonyl (C=O) groups is 1. The minimum Gasteiger partial charge on any atom is -0.497 e. The molecule has 1 amide bonds. The van der Waals surface area contributed by atoms with Crippen molar-refractivity contribution in [2.75, 3.05) is 7.11 Å². The molecule has 0 aliphatic carbocycles. The van der Waals surface area contributed by atoms with Gasteiger partial charge >= 0.3 is 0 Å². The number of carbonyl (C=O) groups excluding carboxylic acids is 1. The number of H-pyrrole nitrogens is 1. The summed E-state index contributed by atoms with van der Waals surface area (Å²) in [4.78, 5) is 15.7. The molecular formula is C20H21BrN2O2. The third-order valence-electron chi connectivity index (χ3n) is 4.27. The van der Waals surface area contributed by atoms with Crippen molar-refractivity contribution < 1.29 is 9.53 Å². The second-order valence-corrected chi connectivity index (χ2v) is 6.91. The summed E-state index contributed by atoms with van der Waals surface area (Å²) < 4.78 is 5.98. The monoisotopic (exact) mass is 400 g/mol. The summed E-state index contributed by atoms with van der Waals surface area (Å²) in [6.45, 7) is 2.03. The maximum atomic E-state index is 12.6. The standard InChI is InChI=1S/C20H21BrN2O2/c1-13(7-8-14-9-11-15(25-2)12-10-14)22-20(24)19-18(21)16-5-3-4-6-17(16)23-19/h3-6,9-13,23H,7-8H2,1-2H3,(H,22,24). The summed E-state index contributed by atoms with van der Waals surface area (Å²) in [5.74, 6) is 0.763. The zero-order valence-electron chi connectivity index (χ0n) is 14.3. The first-order valence-electron chi connectivity index (χ1n) is 8.28. The molecule has 130 valence electrons. The molecule has 1 aromatic heterocycles. The number of ether oxygens (including phenoxy) is 1. The highest BCUT2D eigenvalue weighted by Gasteiger charge is 2.17. The first kappa shape index (κ1) is 17.5. The van der Waals surface area contributed by atoms with Gasteiger partial charge in [-0.05, 0) is 59.5 Å². The fraction of sp³-hybridized carbons (Fsp3) is 0.250. The third kappa shape index (κ3) is 4.04. The van der Waals surface area contributed by atoms with Crippen LogP contribution in [0.25, 0.3) is 10.9 Å². The number of hydrogen-bond donors (Lipinski definition) is 2. The lowest BCUT2D eigenvalue weighted by atomic mass is 10.1. The summed E-state index contributed by atoms with van der Waals surface area (Å²) in [6.07, 6.45) is 1.77. The third-order valence-corrected chi connectivity index (χ3v) is 5.10. The van der Waals surface area contributed by atoms with Gasteiger partial charge < -0.3 is 15.0 Å². The summed E-state index contributed by atoms with van der Waals surface area (Å²) in [5, 5.41) is 4.08. The van der Waals surface area contributed by atoms with Crippen molar-refractivity contribution in [2.45, 2.75) is 25.8 Å². The van der Waals surface area contributed by atoms with Crippen molar-refractivity contribution in [3.05, 3.63) is 64.3 Å². The molecule has 4 nitrogen and oxygen atoms in total. The van der Waals surface area contributed by atoms with Crippen molar-refractivity contribution in [3.63, 3.8) is 0 Å². The number of hydrogen-bond acceptors (Lipinski definition) is 2.